The van der Waals surface area contributed by atoms with Gasteiger partial charge in [0.25, 0.3) is 5.56 Å². The number of benzene rings is 1. The molecule has 40 heavy (non-hydrogen) atoms. The molecule has 2 aromatic rings. The Labute approximate surface area is 229 Å². The van der Waals surface area contributed by atoms with Gasteiger partial charge in [-0.3, -0.25) is 23.7 Å². The summed E-state index contributed by atoms with van der Waals surface area (Å²) in [5.41, 5.74) is 5.67. The van der Waals surface area contributed by atoms with Gasteiger partial charge in [0.2, 0.25) is 0 Å². The van der Waals surface area contributed by atoms with E-state index in [1.807, 2.05) is 6.92 Å². The van der Waals surface area contributed by atoms with Crippen LogP contribution >= 0.6 is 7.75 Å². The van der Waals surface area contributed by atoms with Crippen molar-refractivity contribution in [3.8, 4) is 5.75 Å². The quantitative estimate of drug-likeness (QED) is 0.0743. The van der Waals surface area contributed by atoms with Gasteiger partial charge < -0.3 is 19.1 Å². The van der Waals surface area contributed by atoms with E-state index in [9.17, 15) is 29.6 Å². The highest BCUT2D eigenvalue weighted by Crippen LogP contribution is 2.49. The lowest BCUT2D eigenvalue weighted by Gasteiger charge is -2.30. The number of unbranched alkanes of at least 4 members (excludes halogenated alkanes) is 1. The van der Waals surface area contributed by atoms with Crippen LogP contribution in [-0.4, -0.2) is 51.7 Å². The standard InChI is InChI=1S/C24H33N6O9P/c1-4-6-14-36-22(33)18(5-2)27-40(35,39-17-10-8-7-9-11-17)37-15-24(28-29-25)20(32)16(3)21(38-24)30-13-12-19(31)26-23(30)34/h7-13,16,18,20-21,32H,4-6,14-15H2,1-3H3,(H,27,35)(H,26,31,34)/t16-,18-,20-,21+,24+,40?/m0/s1. The van der Waals surface area contributed by atoms with E-state index >= 15 is 0 Å². The molecule has 0 amide bonds. The first kappa shape index (κ1) is 31.1. The van der Waals surface area contributed by atoms with Crippen molar-refractivity contribution >= 4 is 13.7 Å². The van der Waals surface area contributed by atoms with E-state index in [1.54, 1.807) is 25.1 Å². The van der Waals surface area contributed by atoms with Gasteiger partial charge in [0.05, 0.1) is 19.3 Å². The third kappa shape index (κ3) is 7.39. The van der Waals surface area contributed by atoms with Crippen molar-refractivity contribution in [1.29, 1.82) is 0 Å². The lowest BCUT2D eigenvalue weighted by atomic mass is 9.98. The number of para-hydroxylation sites is 1. The fourth-order valence-electron chi connectivity index (χ4n) is 4.00. The first-order valence-electron chi connectivity index (χ1n) is 12.7. The summed E-state index contributed by atoms with van der Waals surface area (Å²) in [6, 6.07) is 8.02. The molecule has 1 aliphatic heterocycles. The average Bonchev–Trinajstić information content (AvgIpc) is 3.17. The van der Waals surface area contributed by atoms with Crippen molar-refractivity contribution in [2.24, 2.45) is 11.0 Å². The maximum atomic E-state index is 14.0. The fourth-order valence-corrected chi connectivity index (χ4v) is 5.61. The number of ether oxygens (including phenoxy) is 2. The summed E-state index contributed by atoms with van der Waals surface area (Å²) in [7, 11) is -4.42. The fraction of sp³-hybridized carbons (Fsp3) is 0.542. The summed E-state index contributed by atoms with van der Waals surface area (Å²) in [6.45, 7) is 4.53. The number of aromatic amines is 1. The Hall–Kier alpha value is -3.45. The highest BCUT2D eigenvalue weighted by Gasteiger charge is 2.55. The van der Waals surface area contributed by atoms with E-state index in [4.69, 9.17) is 18.5 Å². The molecule has 0 bridgehead atoms. The van der Waals surface area contributed by atoms with Gasteiger partial charge in [-0.25, -0.2) is 9.36 Å². The highest BCUT2D eigenvalue weighted by molar-refractivity contribution is 7.52. The van der Waals surface area contributed by atoms with Gasteiger partial charge in [-0.15, -0.1) is 0 Å². The predicted molar refractivity (Wildman–Crippen MR) is 142 cm³/mol. The van der Waals surface area contributed by atoms with Crippen LogP contribution in [0.2, 0.25) is 0 Å². The number of hydrogen-bond donors (Lipinski definition) is 3. The number of H-pyrrole nitrogens is 1. The maximum absolute atomic E-state index is 14.0. The zero-order chi connectivity index (χ0) is 29.3. The van der Waals surface area contributed by atoms with Gasteiger partial charge in [-0.2, -0.15) is 5.09 Å². The van der Waals surface area contributed by atoms with Crippen molar-refractivity contribution in [3.63, 3.8) is 0 Å². The second kappa shape index (κ2) is 13.8. The van der Waals surface area contributed by atoms with E-state index in [0.29, 0.717) is 6.42 Å². The first-order valence-corrected chi connectivity index (χ1v) is 14.3. The smallest absolute Gasteiger partial charge is 0.459 e. The van der Waals surface area contributed by atoms with Crippen LogP contribution in [-0.2, 0) is 23.4 Å². The number of aromatic nitrogens is 2. The number of carbonyl (C=O) groups is 1. The monoisotopic (exact) mass is 580 g/mol. The van der Waals surface area contributed by atoms with E-state index in [1.165, 1.54) is 25.3 Å². The number of aliphatic hydroxyl groups is 1. The zero-order valence-corrected chi connectivity index (χ0v) is 23.2. The Bertz CT molecular complexity index is 1360. The zero-order valence-electron chi connectivity index (χ0n) is 22.3. The number of aliphatic hydroxyl groups excluding tert-OH is 1. The molecule has 0 spiro atoms. The molecule has 0 radical (unpaired) electrons. The van der Waals surface area contributed by atoms with Crippen molar-refractivity contribution in [3.05, 3.63) is 73.9 Å². The van der Waals surface area contributed by atoms with Gasteiger partial charge in [0.1, 0.15) is 18.0 Å². The van der Waals surface area contributed by atoms with Gasteiger partial charge >= 0.3 is 19.4 Å². The van der Waals surface area contributed by atoms with Crippen molar-refractivity contribution < 1.29 is 33.0 Å². The molecule has 0 saturated carbocycles. The summed E-state index contributed by atoms with van der Waals surface area (Å²) >= 11 is 0. The Morgan fingerprint density at radius 2 is 2.05 bits per heavy atom. The molecule has 1 aromatic carbocycles. The topological polar surface area (TPSA) is 207 Å². The number of hydrogen-bond acceptors (Lipinski definition) is 10. The molecule has 3 N–H and O–H groups in total. The number of esters is 1. The molecule has 16 heteroatoms. The molecule has 6 atom stereocenters. The summed E-state index contributed by atoms with van der Waals surface area (Å²) in [4.78, 5) is 41.4. The molecular weight excluding hydrogens is 547 g/mol. The van der Waals surface area contributed by atoms with Gasteiger partial charge in [0, 0.05) is 23.1 Å². The number of azide groups is 1. The minimum atomic E-state index is -4.42. The van der Waals surface area contributed by atoms with Gasteiger partial charge in [-0.1, -0.05) is 50.5 Å². The van der Waals surface area contributed by atoms with E-state index in [0.717, 1.165) is 17.1 Å². The van der Waals surface area contributed by atoms with Crippen molar-refractivity contribution in [2.75, 3.05) is 13.2 Å². The summed E-state index contributed by atoms with van der Waals surface area (Å²) in [5.74, 6) is -1.37. The molecule has 218 valence electrons. The van der Waals surface area contributed by atoms with E-state index < -0.39 is 61.6 Å². The molecule has 15 nitrogen and oxygen atoms in total. The van der Waals surface area contributed by atoms with Crippen LogP contribution in [0.3, 0.4) is 0 Å². The van der Waals surface area contributed by atoms with Crippen LogP contribution in [0.4, 0.5) is 0 Å². The number of rotatable bonds is 14. The van der Waals surface area contributed by atoms with E-state index in [-0.39, 0.29) is 18.8 Å². The van der Waals surface area contributed by atoms with Crippen LogP contribution in [0.1, 0.15) is 46.3 Å². The molecular formula is C24H33N6O9P. The van der Waals surface area contributed by atoms with Crippen LogP contribution in [0.5, 0.6) is 5.75 Å². The normalized spacial score (nSPS) is 24.4. The number of nitrogens with one attached hydrogen (secondary N) is 2. The largest absolute Gasteiger partial charge is 0.465 e. The predicted octanol–water partition coefficient (Wildman–Crippen LogP) is 2.98. The van der Waals surface area contributed by atoms with Crippen molar-refractivity contribution in [1.82, 2.24) is 14.6 Å². The second-order valence-electron chi connectivity index (χ2n) is 9.15. The molecule has 1 saturated heterocycles. The Morgan fingerprint density at radius 3 is 2.67 bits per heavy atom. The molecule has 1 aromatic heterocycles. The molecule has 0 aliphatic carbocycles. The molecule has 1 fully saturated rings. The van der Waals surface area contributed by atoms with Crippen LogP contribution in [0.25, 0.3) is 10.4 Å². The Morgan fingerprint density at radius 1 is 1.32 bits per heavy atom. The lowest BCUT2D eigenvalue weighted by Crippen LogP contribution is -2.44. The first-order chi connectivity index (χ1) is 19.1. The third-order valence-corrected chi connectivity index (χ3v) is 7.78. The van der Waals surface area contributed by atoms with Crippen LogP contribution in [0.15, 0.2) is 57.3 Å². The highest BCUT2D eigenvalue weighted by atomic mass is 31.2. The minimum Gasteiger partial charge on any atom is -0.465 e. The minimum absolute atomic E-state index is 0.143. The van der Waals surface area contributed by atoms with E-state index in [2.05, 4.69) is 20.1 Å². The van der Waals surface area contributed by atoms with Gasteiger partial charge in [-0.05, 0) is 30.5 Å². The third-order valence-electron chi connectivity index (χ3n) is 6.23. The summed E-state index contributed by atoms with van der Waals surface area (Å²) < 4.78 is 37.4. The van der Waals surface area contributed by atoms with Crippen molar-refractivity contribution in [2.45, 2.75) is 64.1 Å². The summed E-state index contributed by atoms with van der Waals surface area (Å²) in [5, 5.41) is 17.3. The molecule has 1 unspecified atom stereocenters. The SMILES string of the molecule is CCCCOC(=O)[C@H](CC)NP(=O)(OC[C@@]1(N=[N+]=[N-])O[C@@H](n2ccc(=O)[nH]c2=O)[C@@H](C)[C@@H]1O)Oc1ccccc1. The Kier molecular flexibility index (Phi) is 10.7. The Balaban J connectivity index is 1.90. The van der Waals surface area contributed by atoms with Gasteiger partial charge in [0.15, 0.2) is 5.72 Å². The van der Waals surface area contributed by atoms with Crippen LogP contribution in [0, 0.1) is 5.92 Å². The molecule has 2 heterocycles. The summed E-state index contributed by atoms with van der Waals surface area (Å²) in [6.07, 6.45) is 0.0727. The average molecular weight is 581 g/mol. The molecule has 3 rings (SSSR count). The second-order valence-corrected chi connectivity index (χ2v) is 10.8. The molecule has 1 aliphatic rings. The van der Waals surface area contributed by atoms with Crippen LogP contribution < -0.4 is 20.9 Å². The maximum Gasteiger partial charge on any atom is 0.459 e. The number of carbonyl (C=O) groups excluding carboxylic acids is 1. The lowest BCUT2D eigenvalue weighted by molar-refractivity contribution is -0.146. The number of nitrogens with zero attached hydrogens (tertiary/aromatic N) is 4.